The maximum Gasteiger partial charge on any atom is 0.259 e. The van der Waals surface area contributed by atoms with Gasteiger partial charge in [-0.05, 0) is 37.6 Å². The summed E-state index contributed by atoms with van der Waals surface area (Å²) in [5, 5.41) is 4.84. The molecule has 2 amide bonds. The fourth-order valence-corrected chi connectivity index (χ4v) is 7.83. The van der Waals surface area contributed by atoms with Gasteiger partial charge in [0, 0.05) is 22.3 Å². The molecule has 0 saturated heterocycles. The van der Waals surface area contributed by atoms with Crippen LogP contribution in [0.2, 0.25) is 40.2 Å². The minimum atomic E-state index is -1.08. The Morgan fingerprint density at radius 3 is 1.68 bits per heavy atom. The van der Waals surface area contributed by atoms with Gasteiger partial charge >= 0.3 is 0 Å². The molecule has 0 radical (unpaired) electrons. The van der Waals surface area contributed by atoms with Crippen molar-refractivity contribution in [3.63, 3.8) is 0 Å². The number of allylic oxidation sites excluding steroid dienone is 2. The predicted octanol–water partition coefficient (Wildman–Crippen LogP) is 9.32. The summed E-state index contributed by atoms with van der Waals surface area (Å²) >= 11 is 50.1. The molecule has 2 heterocycles. The van der Waals surface area contributed by atoms with Crippen LogP contribution in [0.25, 0.3) is 0 Å². The van der Waals surface area contributed by atoms with E-state index in [1.807, 2.05) is 0 Å². The second-order valence-electron chi connectivity index (χ2n) is 11.0. The number of hydrogen-bond donors (Lipinski definition) is 2. The largest absolute Gasteiger partial charge is 0.306 e. The van der Waals surface area contributed by atoms with E-state index < -0.39 is 28.9 Å². The highest BCUT2D eigenvalue weighted by Crippen LogP contribution is 2.46. The molecule has 3 aromatic carbocycles. The number of halogens is 8. The van der Waals surface area contributed by atoms with Crippen LogP contribution in [0.1, 0.15) is 65.9 Å². The molecule has 2 N–H and O–H groups in total. The molecular weight excluding hydrogens is 776 g/mol. The number of amides is 2. The first-order valence-corrected chi connectivity index (χ1v) is 16.4. The number of benzene rings is 3. The first-order chi connectivity index (χ1) is 22.1. The van der Waals surface area contributed by atoms with Crippen LogP contribution in [0, 0.1) is 0 Å². The number of hydrogen-bond acceptors (Lipinski definition) is 6. The Morgan fingerprint density at radius 1 is 0.617 bits per heavy atom. The quantitative estimate of drug-likeness (QED) is 0.199. The Labute approximate surface area is 305 Å². The summed E-state index contributed by atoms with van der Waals surface area (Å²) in [7, 11) is 0. The summed E-state index contributed by atoms with van der Waals surface area (Å²) in [6, 6.07) is 4.42. The van der Waals surface area contributed by atoms with Crippen LogP contribution in [-0.2, 0) is 0 Å². The first-order valence-electron chi connectivity index (χ1n) is 13.3. The van der Waals surface area contributed by atoms with Crippen molar-refractivity contribution in [2.45, 2.75) is 18.9 Å². The summed E-state index contributed by atoms with van der Waals surface area (Å²) in [6.07, 6.45) is 3.38. The number of carbonyl (C=O) groups excluding carboxylic acids is 4. The fraction of sp³-hybridized carbons (Fsp3) is 0.0968. The van der Waals surface area contributed by atoms with E-state index >= 15 is 0 Å². The average Bonchev–Trinajstić information content (AvgIpc) is 3.54. The van der Waals surface area contributed by atoms with E-state index in [0.717, 1.165) is 0 Å². The summed E-state index contributed by atoms with van der Waals surface area (Å²) in [5.41, 5.74) is 0.145. The first kappa shape index (κ1) is 32.6. The Kier molecular flexibility index (Phi) is 7.86. The summed E-state index contributed by atoms with van der Waals surface area (Å²) in [4.78, 5) is 62.2. The zero-order valence-corrected chi connectivity index (χ0v) is 29.2. The number of aliphatic imine (C=N–C) groups is 2. The van der Waals surface area contributed by atoms with Gasteiger partial charge in [-0.3, -0.25) is 24.2 Å². The van der Waals surface area contributed by atoms with E-state index in [1.165, 1.54) is 18.2 Å². The van der Waals surface area contributed by atoms with Gasteiger partial charge in [-0.15, -0.1) is 0 Å². The molecule has 0 aromatic heterocycles. The van der Waals surface area contributed by atoms with Crippen LogP contribution in [-0.4, -0.2) is 40.6 Å². The Bertz CT molecular complexity index is 2260. The lowest BCUT2D eigenvalue weighted by Crippen LogP contribution is -2.33. The van der Waals surface area contributed by atoms with Gasteiger partial charge in [-0.2, -0.15) is 0 Å². The van der Waals surface area contributed by atoms with Crippen molar-refractivity contribution in [3.05, 3.63) is 115 Å². The molecule has 8 nitrogen and oxygen atoms in total. The molecule has 1 atom stereocenters. The van der Waals surface area contributed by atoms with Gasteiger partial charge in [0.25, 0.3) is 11.8 Å². The molecule has 3 aromatic rings. The van der Waals surface area contributed by atoms with Crippen molar-refractivity contribution < 1.29 is 19.2 Å². The maximum atomic E-state index is 13.8. The summed E-state index contributed by atoms with van der Waals surface area (Å²) in [5.74, 6) is -1.84. The van der Waals surface area contributed by atoms with Crippen molar-refractivity contribution >= 4 is 134 Å². The van der Waals surface area contributed by atoms with E-state index in [1.54, 1.807) is 19.1 Å². The minimum absolute atomic E-state index is 0.00777. The van der Waals surface area contributed by atoms with E-state index in [4.69, 9.17) is 97.8 Å². The maximum absolute atomic E-state index is 13.8. The zero-order chi connectivity index (χ0) is 33.9. The lowest BCUT2D eigenvalue weighted by Gasteiger charge is -2.30. The van der Waals surface area contributed by atoms with Gasteiger partial charge in [0.15, 0.2) is 11.6 Å². The van der Waals surface area contributed by atoms with Gasteiger partial charge in [0.2, 0.25) is 0 Å². The minimum Gasteiger partial charge on any atom is -0.306 e. The highest BCUT2D eigenvalue weighted by molar-refractivity contribution is 6.56. The lowest BCUT2D eigenvalue weighted by atomic mass is 9.75. The molecule has 0 bridgehead atoms. The van der Waals surface area contributed by atoms with Crippen LogP contribution in [0.4, 0.5) is 5.69 Å². The van der Waals surface area contributed by atoms with E-state index in [0.29, 0.717) is 0 Å². The van der Waals surface area contributed by atoms with Crippen LogP contribution in [0.15, 0.2) is 51.5 Å². The molecular formula is C31H12Cl8N4O4. The van der Waals surface area contributed by atoms with Crippen molar-refractivity contribution in [1.82, 2.24) is 10.6 Å². The third kappa shape index (κ3) is 4.88. The Morgan fingerprint density at radius 2 is 1.11 bits per heavy atom. The van der Waals surface area contributed by atoms with Crippen LogP contribution in [0.5, 0.6) is 0 Å². The predicted molar refractivity (Wildman–Crippen MR) is 185 cm³/mol. The third-order valence-electron chi connectivity index (χ3n) is 7.98. The summed E-state index contributed by atoms with van der Waals surface area (Å²) in [6.45, 7) is 1.73. The number of ketones is 2. The molecule has 0 fully saturated rings. The molecule has 4 aliphatic rings. The normalized spacial score (nSPS) is 21.3. The molecule has 7 rings (SSSR count). The SMILES string of the molecule is CC1(N=C2NC(=O)c3c(Cl)c(Cl)c(Cl)c(Cl)c32)C=C2C(=O)c3ccc(N=C4NC(=O)c5c(Cl)c(Cl)c(Cl)c(Cl)c54)cc3C(=O)C2=CC1. The molecule has 16 heteroatoms. The monoisotopic (exact) mass is 784 g/mol. The van der Waals surface area contributed by atoms with Crippen LogP contribution < -0.4 is 10.6 Å². The number of nitrogens with one attached hydrogen (secondary N) is 2. The number of rotatable bonds is 2. The zero-order valence-electron chi connectivity index (χ0n) is 23.1. The standard InChI is InChI=1S/C31H12Cl8N4O4/c1-31(43-28-14-16(30(47)42-28)20(35)24(39)22(37)18(14)33)5-4-10-12(7-31)26(45)9-3-2-8(6-11(9)25(10)44)40-27-13-15(29(46)41-27)19(34)23(38)21(36)17(13)32/h2-4,6-7H,5H2,1H3,(H,40,41,46)(H,42,43,47). The van der Waals surface area contributed by atoms with E-state index in [2.05, 4.69) is 15.6 Å². The molecule has 0 saturated carbocycles. The fourth-order valence-electron chi connectivity index (χ4n) is 5.78. The highest BCUT2D eigenvalue weighted by atomic mass is 35.5. The second kappa shape index (κ2) is 11.3. The van der Waals surface area contributed by atoms with Crippen molar-refractivity contribution in [1.29, 1.82) is 0 Å². The molecule has 2 aliphatic heterocycles. The molecule has 47 heavy (non-hydrogen) atoms. The highest BCUT2D eigenvalue weighted by Gasteiger charge is 2.41. The van der Waals surface area contributed by atoms with Gasteiger partial charge < -0.3 is 10.6 Å². The van der Waals surface area contributed by atoms with Crippen LogP contribution >= 0.6 is 92.8 Å². The number of fused-ring (bicyclic) bond motifs is 4. The third-order valence-corrected chi connectivity index (χ3v) is 11.6. The lowest BCUT2D eigenvalue weighted by molar-refractivity contribution is 0.0970. The Hall–Kier alpha value is -2.92. The smallest absolute Gasteiger partial charge is 0.259 e. The molecule has 2 aliphatic carbocycles. The number of carbonyl (C=O) groups is 4. The van der Waals surface area contributed by atoms with Gasteiger partial charge in [0.05, 0.1) is 73.7 Å². The number of amidine groups is 2. The molecule has 0 spiro atoms. The number of Topliss-reactive ketones (excluding diaryl/α,β-unsaturated/α-hetero) is 2. The van der Waals surface area contributed by atoms with Gasteiger partial charge in [0.1, 0.15) is 11.7 Å². The molecule has 236 valence electrons. The van der Waals surface area contributed by atoms with Crippen molar-refractivity contribution in [3.8, 4) is 0 Å². The van der Waals surface area contributed by atoms with Crippen molar-refractivity contribution in [2.24, 2.45) is 9.98 Å². The average molecular weight is 788 g/mol. The second-order valence-corrected chi connectivity index (χ2v) is 14.0. The topological polar surface area (TPSA) is 117 Å². The van der Waals surface area contributed by atoms with E-state index in [9.17, 15) is 19.2 Å². The van der Waals surface area contributed by atoms with Crippen molar-refractivity contribution in [2.75, 3.05) is 0 Å². The molecule has 1 unspecified atom stereocenters. The Balaban J connectivity index is 1.26. The van der Waals surface area contributed by atoms with Gasteiger partial charge in [-0.1, -0.05) is 98.9 Å². The van der Waals surface area contributed by atoms with Gasteiger partial charge in [-0.25, -0.2) is 4.99 Å². The number of nitrogens with zero attached hydrogens (tertiary/aromatic N) is 2. The van der Waals surface area contributed by atoms with E-state index in [-0.39, 0.29) is 108 Å². The van der Waals surface area contributed by atoms with Crippen LogP contribution in [0.3, 0.4) is 0 Å². The summed E-state index contributed by atoms with van der Waals surface area (Å²) < 4.78 is 0.